The van der Waals surface area contributed by atoms with E-state index in [0.29, 0.717) is 0 Å². The van der Waals surface area contributed by atoms with Crippen molar-refractivity contribution < 1.29 is 42.1 Å². The van der Waals surface area contributed by atoms with Gasteiger partial charge in [0.2, 0.25) is 0 Å². The van der Waals surface area contributed by atoms with Crippen molar-refractivity contribution in [2.75, 3.05) is 0 Å². The van der Waals surface area contributed by atoms with Crippen LogP contribution in [-0.2, 0) is 0 Å². The molecule has 0 aliphatic rings. The van der Waals surface area contributed by atoms with Crippen LogP contribution in [0.15, 0.2) is 5.34 Å². The van der Waals surface area contributed by atoms with E-state index in [9.17, 15) is 0 Å². The second-order valence-corrected chi connectivity index (χ2v) is 0.0816. The Hall–Kier alpha value is 0.634. The van der Waals surface area contributed by atoms with Crippen LogP contribution in [0.4, 0.5) is 0 Å². The summed E-state index contributed by atoms with van der Waals surface area (Å²) in [6, 6.07) is 0. The topological polar surface area (TPSA) is 49.7 Å². The minimum absolute atomic E-state index is 0. The Bertz CT molecular complexity index is 13.5. The molecule has 1 N–H and O–H groups in total. The van der Waals surface area contributed by atoms with E-state index in [4.69, 9.17) is 10.1 Å². The largest absolute Gasteiger partial charge is 0.379 e. The van der Waals surface area contributed by atoms with Gasteiger partial charge in [0.15, 0.2) is 5.34 Å². The molecule has 1 radical (unpaired) electrons. The number of nitrogens with zero attached hydrogens (tertiary/aromatic N) is 1. The third-order valence-corrected chi connectivity index (χ3v) is 0. The minimum Gasteiger partial charge on any atom is -0.379 e. The Morgan fingerprint density at radius 3 is 1.75 bits per heavy atom. The first-order valence-electron chi connectivity index (χ1n) is 0.383. The van der Waals surface area contributed by atoms with Crippen molar-refractivity contribution in [2.45, 2.75) is 0 Å². The molecule has 31 valence electrons. The molecule has 0 unspecified atom stereocenters. The molecule has 0 aromatic heterocycles. The van der Waals surface area contributed by atoms with Gasteiger partial charge in [-0.2, -0.15) is 0 Å². The van der Waals surface area contributed by atoms with Gasteiger partial charge in [-0.25, -0.2) is 0 Å². The summed E-state index contributed by atoms with van der Waals surface area (Å²) in [5.41, 5.74) is 0. The average Bonchev–Trinajstić information content (AvgIpc) is 0.918. The Kier molecular flexibility index (Phi) is 20.8. The molecule has 0 aromatic rings. The molecule has 0 aliphatic carbocycles. The summed E-state index contributed by atoms with van der Waals surface area (Å²) in [6.45, 7) is 0. The van der Waals surface area contributed by atoms with Crippen molar-refractivity contribution in [1.82, 2.24) is 0 Å². The van der Waals surface area contributed by atoms with Crippen LogP contribution in [-0.4, -0.2) is 5.21 Å². The van der Waals surface area contributed by atoms with E-state index in [-0.39, 0.29) is 36.9 Å². The molecule has 4 heavy (non-hydrogen) atoms. The summed E-state index contributed by atoms with van der Waals surface area (Å²) >= 11 is 0. The van der Waals surface area contributed by atoms with Crippen LogP contribution >= 0.6 is 0 Å². The van der Waals surface area contributed by atoms with Crippen LogP contribution in [0.25, 0.3) is 0 Å². The predicted octanol–water partition coefficient (Wildman–Crippen LogP) is 0.142. The smallest absolute Gasteiger partial charge is 0.152 e. The van der Waals surface area contributed by atoms with Crippen LogP contribution in [0.5, 0.6) is 0 Å². The van der Waals surface area contributed by atoms with E-state index in [0.717, 1.165) is 0 Å². The zero-order valence-electron chi connectivity index (χ0n) is 1.58. The van der Waals surface area contributed by atoms with Crippen molar-refractivity contribution in [2.24, 2.45) is 5.34 Å². The third-order valence-electron chi connectivity index (χ3n) is 0. The Morgan fingerprint density at radius 1 is 1.75 bits per heavy atom. The van der Waals surface area contributed by atoms with Gasteiger partial charge >= 0.3 is 0 Å². The summed E-state index contributed by atoms with van der Waals surface area (Å²) in [7, 11) is 0. The molecule has 0 saturated carbocycles. The maximum absolute atomic E-state index is 8.11. The van der Waals surface area contributed by atoms with Gasteiger partial charge in [0.25, 0.3) is 0 Å². The van der Waals surface area contributed by atoms with Crippen molar-refractivity contribution in [3.8, 4) is 0 Å². The Balaban J connectivity index is 0. The molecule has 0 atom stereocenters. The summed E-state index contributed by atoms with van der Waals surface area (Å²) in [4.78, 5) is 8.11. The number of rotatable bonds is 0. The fourth-order valence-corrected chi connectivity index (χ4v) is 0. The molecule has 0 spiro atoms. The summed E-state index contributed by atoms with van der Waals surface area (Å²) in [5, 5.41) is 7.89. The normalized spacial score (nSPS) is 3.00. The van der Waals surface area contributed by atoms with Gasteiger partial charge in [-0.3, -0.25) is 0 Å². The second kappa shape index (κ2) is 9.44. The second-order valence-electron chi connectivity index (χ2n) is 0.0816. The van der Waals surface area contributed by atoms with Crippen molar-refractivity contribution >= 4 is 0 Å². The molecule has 4 heteroatoms. The standard InChI is InChI=1S/HNO2.Tm/c2-1-3;/h(H,2,3);. The van der Waals surface area contributed by atoms with E-state index in [2.05, 4.69) is 0 Å². The summed E-state index contributed by atoms with van der Waals surface area (Å²) in [6.07, 6.45) is 0. The van der Waals surface area contributed by atoms with E-state index in [1.807, 2.05) is 0 Å². The maximum atomic E-state index is 8.11. The van der Waals surface area contributed by atoms with Crippen molar-refractivity contribution in [1.29, 1.82) is 0 Å². The fourth-order valence-electron chi connectivity index (χ4n) is 0. The molecule has 0 saturated heterocycles. The van der Waals surface area contributed by atoms with Crippen LogP contribution in [0.3, 0.4) is 0 Å². The molecule has 0 aliphatic heterocycles. The first-order valence-corrected chi connectivity index (χ1v) is 0.383. The summed E-state index contributed by atoms with van der Waals surface area (Å²) in [5.74, 6) is 0. The van der Waals surface area contributed by atoms with Crippen LogP contribution in [0, 0.1) is 41.8 Å². The Morgan fingerprint density at radius 2 is 1.75 bits per heavy atom. The van der Waals surface area contributed by atoms with Gasteiger partial charge in [-0.1, -0.05) is 0 Å². The fraction of sp³-hybridized carbons (Fsp3) is 0. The molecular formula is HNO2Tm. The SMILES string of the molecule is O=NO.[Tm]. The quantitative estimate of drug-likeness (QED) is 0.462. The predicted molar refractivity (Wildman–Crippen MR) is 7.58 cm³/mol. The minimum atomic E-state index is 0. The zero-order chi connectivity index (χ0) is 2.71. The van der Waals surface area contributed by atoms with Crippen LogP contribution < -0.4 is 0 Å². The zero-order valence-corrected chi connectivity index (χ0v) is 3.36. The van der Waals surface area contributed by atoms with E-state index in [1.54, 1.807) is 0 Å². The number of hydrogen-bond donors (Lipinski definition) is 1. The van der Waals surface area contributed by atoms with Gasteiger partial charge < -0.3 is 5.21 Å². The molecule has 0 aromatic carbocycles. The van der Waals surface area contributed by atoms with E-state index < -0.39 is 0 Å². The van der Waals surface area contributed by atoms with Gasteiger partial charge in [-0.15, -0.1) is 4.91 Å². The average molecular weight is 216 g/mol. The molecule has 0 heterocycles. The maximum Gasteiger partial charge on any atom is 0.152 e. The summed E-state index contributed by atoms with van der Waals surface area (Å²) < 4.78 is 0. The van der Waals surface area contributed by atoms with Gasteiger partial charge in [-0.05, 0) is 0 Å². The molecular weight excluding hydrogens is 215 g/mol. The van der Waals surface area contributed by atoms with Gasteiger partial charge in [0, 0.05) is 36.9 Å². The monoisotopic (exact) mass is 216 g/mol. The third kappa shape index (κ3) is 17.5. The van der Waals surface area contributed by atoms with Gasteiger partial charge in [0.05, 0.1) is 0 Å². The molecule has 0 amide bonds. The molecule has 0 fully saturated rings. The molecule has 0 bridgehead atoms. The molecule has 3 nitrogen and oxygen atoms in total. The van der Waals surface area contributed by atoms with Gasteiger partial charge in [0.1, 0.15) is 0 Å². The van der Waals surface area contributed by atoms with Crippen LogP contribution in [0.2, 0.25) is 0 Å². The molecule has 0 rings (SSSR count). The van der Waals surface area contributed by atoms with Crippen LogP contribution in [0.1, 0.15) is 0 Å². The van der Waals surface area contributed by atoms with Crippen molar-refractivity contribution in [3.05, 3.63) is 4.91 Å². The Labute approximate surface area is 52.1 Å². The van der Waals surface area contributed by atoms with E-state index >= 15 is 0 Å². The first kappa shape index (κ1) is 8.82. The first-order chi connectivity index (χ1) is 1.41. The van der Waals surface area contributed by atoms with E-state index in [1.165, 1.54) is 5.34 Å². The number of hydrogen-bond acceptors (Lipinski definition) is 2. The van der Waals surface area contributed by atoms with Crippen molar-refractivity contribution in [3.63, 3.8) is 0 Å².